The van der Waals surface area contributed by atoms with Crippen LogP contribution in [0.3, 0.4) is 0 Å². The number of aryl methyl sites for hydroxylation is 1. The number of nitrogens with one attached hydrogen (secondary N) is 1. The number of fused-ring (bicyclic) bond motifs is 1. The molecule has 3 N–H and O–H groups in total. The van der Waals surface area contributed by atoms with Crippen LogP contribution in [0.15, 0.2) is 29.2 Å². The predicted molar refractivity (Wildman–Crippen MR) is 63.5 cm³/mol. The van der Waals surface area contributed by atoms with Crippen molar-refractivity contribution in [1.82, 2.24) is 2.94 Å². The van der Waals surface area contributed by atoms with Crippen molar-refractivity contribution in [1.29, 1.82) is 0 Å². The van der Waals surface area contributed by atoms with E-state index in [1.165, 1.54) is 0 Å². The van der Waals surface area contributed by atoms with E-state index in [0.29, 0.717) is 4.90 Å². The Morgan fingerprint density at radius 1 is 1.36 bits per heavy atom. The third kappa shape index (κ3) is 1.92. The standard InChI is InChI=1S/C8H11IN2O2S/c10-9-6-5-7-3-1-2-4-8(7)14(12,13)11-9/h1-4,11H,5-6,10H2. The van der Waals surface area contributed by atoms with Gasteiger partial charge in [-0.15, -0.1) is 0 Å². The molecular weight excluding hydrogens is 315 g/mol. The Hall–Kier alpha value is -0.180. The van der Waals surface area contributed by atoms with E-state index in [0.717, 1.165) is 16.4 Å². The second kappa shape index (κ2) is 3.76. The number of hydrogen-bond donors (Lipinski definition) is 2. The zero-order chi connectivity index (χ0) is 10.2. The van der Waals surface area contributed by atoms with Gasteiger partial charge in [0.2, 0.25) is 0 Å². The van der Waals surface area contributed by atoms with Crippen LogP contribution in [0.1, 0.15) is 5.56 Å². The van der Waals surface area contributed by atoms with Crippen LogP contribution in [0.5, 0.6) is 0 Å². The van der Waals surface area contributed by atoms with Gasteiger partial charge in [-0.1, -0.05) is 0 Å². The first-order chi connectivity index (χ1) is 6.59. The van der Waals surface area contributed by atoms with Crippen molar-refractivity contribution in [3.63, 3.8) is 0 Å². The molecule has 4 nitrogen and oxygen atoms in total. The number of benzene rings is 1. The summed E-state index contributed by atoms with van der Waals surface area (Å²) in [5.41, 5.74) is 0.880. The van der Waals surface area contributed by atoms with Gasteiger partial charge in [0.1, 0.15) is 0 Å². The van der Waals surface area contributed by atoms with Crippen molar-refractivity contribution in [2.45, 2.75) is 11.3 Å². The molecule has 14 heavy (non-hydrogen) atoms. The molecule has 78 valence electrons. The third-order valence-corrected chi connectivity index (χ3v) is 8.55. The topological polar surface area (TPSA) is 72.2 Å². The Balaban J connectivity index is 2.57. The van der Waals surface area contributed by atoms with Crippen LogP contribution in [0.25, 0.3) is 0 Å². The Morgan fingerprint density at radius 3 is 2.86 bits per heavy atom. The number of rotatable bonds is 0. The van der Waals surface area contributed by atoms with E-state index in [2.05, 4.69) is 2.94 Å². The zero-order valence-corrected chi connectivity index (χ0v) is 10.4. The molecule has 0 bridgehead atoms. The average Bonchev–Trinajstić information content (AvgIpc) is 2.24. The van der Waals surface area contributed by atoms with E-state index in [1.54, 1.807) is 12.1 Å². The van der Waals surface area contributed by atoms with Crippen LogP contribution in [0, 0.1) is 0 Å². The maximum atomic E-state index is 11.8. The zero-order valence-electron chi connectivity index (χ0n) is 7.40. The van der Waals surface area contributed by atoms with Gasteiger partial charge in [-0.05, 0) is 0 Å². The summed E-state index contributed by atoms with van der Waals surface area (Å²) >= 11 is -1.96. The molecule has 0 saturated heterocycles. The van der Waals surface area contributed by atoms with Gasteiger partial charge < -0.3 is 0 Å². The summed E-state index contributed by atoms with van der Waals surface area (Å²) in [7, 11) is -3.33. The molecule has 1 heterocycles. The Bertz CT molecular complexity index is 446. The number of sulfonamides is 1. The molecular formula is C8H11IN2O2S. The monoisotopic (exact) mass is 326 g/mol. The van der Waals surface area contributed by atoms with Gasteiger partial charge in [0, 0.05) is 0 Å². The van der Waals surface area contributed by atoms with Crippen molar-refractivity contribution >= 4 is 30.4 Å². The summed E-state index contributed by atoms with van der Waals surface area (Å²) < 4.78 is 32.6. The second-order valence-corrected chi connectivity index (χ2v) is 9.29. The normalized spacial score (nSPS) is 22.5. The third-order valence-electron chi connectivity index (χ3n) is 2.03. The first-order valence-electron chi connectivity index (χ1n) is 4.10. The molecule has 1 aliphatic rings. The molecule has 0 amide bonds. The Kier molecular flexibility index (Phi) is 2.78. The van der Waals surface area contributed by atoms with E-state index in [-0.39, 0.29) is 0 Å². The fraction of sp³-hybridized carbons (Fsp3) is 0.250. The van der Waals surface area contributed by atoms with E-state index in [4.69, 9.17) is 3.95 Å². The van der Waals surface area contributed by atoms with E-state index < -0.39 is 30.4 Å². The van der Waals surface area contributed by atoms with Gasteiger partial charge in [-0.25, -0.2) is 0 Å². The van der Waals surface area contributed by atoms with Crippen molar-refractivity contribution in [3.05, 3.63) is 29.8 Å². The molecule has 1 aliphatic heterocycles. The summed E-state index contributed by atoms with van der Waals surface area (Å²) in [5, 5.41) is 0. The molecule has 1 aromatic rings. The number of hydrogen-bond acceptors (Lipinski definition) is 3. The molecule has 0 unspecified atom stereocenters. The SMILES string of the molecule is NI1CCc2ccccc2S(=O)(=O)N1. The summed E-state index contributed by atoms with van der Waals surface area (Å²) in [6.45, 7) is 0. The fourth-order valence-electron chi connectivity index (χ4n) is 1.39. The molecule has 0 spiro atoms. The van der Waals surface area contributed by atoms with E-state index in [9.17, 15) is 8.42 Å². The van der Waals surface area contributed by atoms with Crippen LogP contribution in [0.4, 0.5) is 0 Å². The molecule has 0 saturated carbocycles. The maximum absolute atomic E-state index is 11.8. The molecule has 0 aromatic heterocycles. The van der Waals surface area contributed by atoms with Crippen LogP contribution < -0.4 is 6.88 Å². The van der Waals surface area contributed by atoms with Gasteiger partial charge in [-0.2, -0.15) is 0 Å². The molecule has 1 aromatic carbocycles. The van der Waals surface area contributed by atoms with Crippen molar-refractivity contribution < 1.29 is 8.42 Å². The molecule has 0 radical (unpaired) electrons. The van der Waals surface area contributed by atoms with E-state index >= 15 is 0 Å². The summed E-state index contributed by atoms with van der Waals surface area (Å²) in [6, 6.07) is 7.07. The van der Waals surface area contributed by atoms with Crippen LogP contribution in [-0.2, 0) is 16.4 Å². The first-order valence-corrected chi connectivity index (χ1v) is 9.43. The average molecular weight is 326 g/mol. The molecule has 2 rings (SSSR count). The second-order valence-electron chi connectivity index (χ2n) is 3.02. The van der Waals surface area contributed by atoms with Gasteiger partial charge in [0.05, 0.1) is 0 Å². The Labute approximate surface area is 91.0 Å². The van der Waals surface area contributed by atoms with Crippen molar-refractivity contribution in [3.8, 4) is 0 Å². The number of alkyl halides is 1. The van der Waals surface area contributed by atoms with Gasteiger partial charge in [0.25, 0.3) is 0 Å². The van der Waals surface area contributed by atoms with Crippen LogP contribution in [0.2, 0.25) is 0 Å². The molecule has 0 fully saturated rings. The van der Waals surface area contributed by atoms with Crippen LogP contribution in [-0.4, -0.2) is 12.8 Å². The van der Waals surface area contributed by atoms with Crippen LogP contribution >= 0.6 is 20.4 Å². The minimum atomic E-state index is -3.33. The summed E-state index contributed by atoms with van der Waals surface area (Å²) in [5.74, 6) is 0. The molecule has 6 heteroatoms. The minimum absolute atomic E-state index is 0.394. The quantitative estimate of drug-likeness (QED) is 0.421. The van der Waals surface area contributed by atoms with Gasteiger partial charge in [-0.3, -0.25) is 0 Å². The fourth-order valence-corrected chi connectivity index (χ4v) is 7.35. The summed E-state index contributed by atoms with van der Waals surface area (Å²) in [4.78, 5) is 0.394. The van der Waals surface area contributed by atoms with Crippen molar-refractivity contribution in [2.75, 3.05) is 4.43 Å². The molecule has 0 atom stereocenters. The predicted octanol–water partition coefficient (Wildman–Crippen LogP) is 0.816. The Morgan fingerprint density at radius 2 is 2.07 bits per heavy atom. The first kappa shape index (κ1) is 10.3. The number of nitrogens with two attached hydrogens (primary N) is 1. The van der Waals surface area contributed by atoms with Gasteiger partial charge >= 0.3 is 91.3 Å². The molecule has 0 aliphatic carbocycles. The number of halogens is 1. The van der Waals surface area contributed by atoms with Crippen molar-refractivity contribution in [2.24, 2.45) is 3.95 Å². The summed E-state index contributed by atoms with van der Waals surface area (Å²) in [6.07, 6.45) is 0.768. The van der Waals surface area contributed by atoms with Gasteiger partial charge in [0.15, 0.2) is 0 Å². The van der Waals surface area contributed by atoms with E-state index in [1.807, 2.05) is 12.1 Å².